The minimum absolute atomic E-state index is 0.723. The van der Waals surface area contributed by atoms with Gasteiger partial charge in [0.15, 0.2) is 0 Å². The number of quaternary nitrogens is 1. The summed E-state index contributed by atoms with van der Waals surface area (Å²) in [4.78, 5) is 0. The average molecular weight is 512 g/mol. The molecule has 0 aliphatic rings. The van der Waals surface area contributed by atoms with Crippen LogP contribution in [0.2, 0.25) is 0 Å². The highest BCUT2D eigenvalue weighted by molar-refractivity contribution is 14.1. The van der Waals surface area contributed by atoms with Gasteiger partial charge in [-0.2, -0.15) is 0 Å². The molecule has 0 amide bonds. The van der Waals surface area contributed by atoms with E-state index in [2.05, 4.69) is 129 Å². The van der Waals surface area contributed by atoms with Crippen LogP contribution in [0.4, 0.5) is 0 Å². The van der Waals surface area contributed by atoms with E-state index in [1.165, 1.54) is 27.8 Å². The summed E-state index contributed by atoms with van der Waals surface area (Å²) >= 11 is 2.43. The minimum atomic E-state index is 0.723. The van der Waals surface area contributed by atoms with Gasteiger partial charge in [-0.1, -0.05) is 79.7 Å². The van der Waals surface area contributed by atoms with E-state index in [0.717, 1.165) is 34.4 Å². The maximum Gasteiger partial charge on any atom is 0.137 e. The summed E-state index contributed by atoms with van der Waals surface area (Å²) in [6.45, 7) is 3.95. The summed E-state index contributed by atoms with van der Waals surface area (Å²) < 4.78 is 8.05. The normalized spacial score (nSPS) is 12.4. The number of allylic oxidation sites excluding steroid dienone is 1. The first-order valence-electron chi connectivity index (χ1n) is 10.5. The van der Waals surface area contributed by atoms with Crippen LogP contribution in [-0.4, -0.2) is 36.3 Å². The van der Waals surface area contributed by atoms with Crippen LogP contribution in [0.1, 0.15) is 30.0 Å². The van der Waals surface area contributed by atoms with Crippen molar-refractivity contribution in [2.75, 3.05) is 31.8 Å². The fraction of sp³-hybridized carbons (Fsp3) is 0.259. The van der Waals surface area contributed by atoms with E-state index in [1.807, 2.05) is 0 Å². The number of hydrogen-bond acceptors (Lipinski definition) is 1. The largest absolute Gasteiger partial charge is 0.488 e. The molecular formula is C27H31INO+. The topological polar surface area (TPSA) is 9.23 Å². The molecule has 0 aromatic heterocycles. The van der Waals surface area contributed by atoms with E-state index in [4.69, 9.17) is 4.74 Å². The number of hydrogen-bond donors (Lipinski definition) is 0. The Morgan fingerprint density at radius 3 is 1.83 bits per heavy atom. The Kier molecular flexibility index (Phi) is 8.11. The Morgan fingerprint density at radius 2 is 1.30 bits per heavy atom. The van der Waals surface area contributed by atoms with Crippen LogP contribution in [0, 0.1) is 0 Å². The lowest BCUT2D eigenvalue weighted by Gasteiger charge is -2.26. The van der Waals surface area contributed by atoms with Crippen molar-refractivity contribution in [3.63, 3.8) is 0 Å². The van der Waals surface area contributed by atoms with Gasteiger partial charge < -0.3 is 9.22 Å². The first-order chi connectivity index (χ1) is 14.5. The summed E-state index contributed by atoms with van der Waals surface area (Å²) in [6.07, 6.45) is 0.968. The van der Waals surface area contributed by atoms with E-state index < -0.39 is 0 Å². The molecule has 3 aromatic rings. The smallest absolute Gasteiger partial charge is 0.137 e. The molecule has 2 nitrogen and oxygen atoms in total. The quantitative estimate of drug-likeness (QED) is 0.0996. The molecule has 3 heteroatoms. The van der Waals surface area contributed by atoms with Crippen molar-refractivity contribution < 1.29 is 9.22 Å². The SMILES string of the molecule is CC/C(=C(\c1ccccc1)c1ccc(OCC[N+](C)(C)CI)cc1)c1ccccc1. The van der Waals surface area contributed by atoms with Crippen LogP contribution in [0.15, 0.2) is 84.9 Å². The predicted molar refractivity (Wildman–Crippen MR) is 137 cm³/mol. The summed E-state index contributed by atoms with van der Waals surface area (Å²) in [5.74, 6) is 0.928. The Morgan fingerprint density at radius 1 is 0.767 bits per heavy atom. The van der Waals surface area contributed by atoms with E-state index in [-0.39, 0.29) is 0 Å². The van der Waals surface area contributed by atoms with Crippen molar-refractivity contribution in [1.82, 2.24) is 0 Å². The van der Waals surface area contributed by atoms with Crippen molar-refractivity contribution in [3.8, 4) is 5.75 Å². The van der Waals surface area contributed by atoms with Crippen molar-refractivity contribution in [2.45, 2.75) is 13.3 Å². The molecule has 0 saturated heterocycles. The predicted octanol–water partition coefficient (Wildman–Crippen LogP) is 6.90. The summed E-state index contributed by atoms with van der Waals surface area (Å²) in [7, 11) is 4.46. The zero-order valence-corrected chi connectivity index (χ0v) is 20.3. The van der Waals surface area contributed by atoms with Crippen LogP contribution in [0.5, 0.6) is 5.75 Å². The molecule has 0 spiro atoms. The number of alkyl halides is 1. The molecule has 0 atom stereocenters. The van der Waals surface area contributed by atoms with Gasteiger partial charge in [0.25, 0.3) is 0 Å². The monoisotopic (exact) mass is 512 g/mol. The minimum Gasteiger partial charge on any atom is -0.488 e. The second-order valence-electron chi connectivity index (χ2n) is 8.09. The van der Waals surface area contributed by atoms with E-state index in [9.17, 15) is 0 Å². The highest BCUT2D eigenvalue weighted by atomic mass is 127. The van der Waals surface area contributed by atoms with Crippen molar-refractivity contribution in [3.05, 3.63) is 102 Å². The van der Waals surface area contributed by atoms with E-state index in [1.54, 1.807) is 0 Å². The molecular weight excluding hydrogens is 481 g/mol. The van der Waals surface area contributed by atoms with Crippen molar-refractivity contribution >= 4 is 33.7 Å². The number of ether oxygens (including phenoxy) is 1. The number of likely N-dealkylation sites (N-methyl/N-ethyl adjacent to an activating group) is 1. The molecule has 156 valence electrons. The molecule has 30 heavy (non-hydrogen) atoms. The van der Waals surface area contributed by atoms with Gasteiger partial charge in [-0.25, -0.2) is 0 Å². The lowest BCUT2D eigenvalue weighted by atomic mass is 9.88. The van der Waals surface area contributed by atoms with Crippen LogP contribution in [-0.2, 0) is 0 Å². The first kappa shape index (κ1) is 22.6. The van der Waals surface area contributed by atoms with Gasteiger partial charge in [-0.3, -0.25) is 0 Å². The van der Waals surface area contributed by atoms with Crippen molar-refractivity contribution in [1.29, 1.82) is 0 Å². The van der Waals surface area contributed by atoms with Gasteiger partial charge >= 0.3 is 0 Å². The molecule has 0 unspecified atom stereocenters. The van der Waals surface area contributed by atoms with Gasteiger partial charge in [0.1, 0.15) is 23.5 Å². The van der Waals surface area contributed by atoms with E-state index in [0.29, 0.717) is 0 Å². The highest BCUT2D eigenvalue weighted by Gasteiger charge is 2.14. The standard InChI is InChI=1S/C27H31INO/c1-4-26(22-11-7-5-8-12-22)27(23-13-9-6-10-14-23)24-15-17-25(18-16-24)30-20-19-29(2,3)21-28/h5-18H,4,19-21H2,1-3H3/q+1/b27-26-. The van der Waals surface area contributed by atoms with E-state index >= 15 is 0 Å². The molecule has 0 heterocycles. The number of rotatable bonds is 9. The van der Waals surface area contributed by atoms with Gasteiger partial charge in [-0.05, 0) is 69.0 Å². The van der Waals surface area contributed by atoms with Crippen LogP contribution in [0.3, 0.4) is 0 Å². The number of nitrogens with zero attached hydrogens (tertiary/aromatic N) is 1. The third-order valence-corrected chi connectivity index (χ3v) is 7.12. The molecule has 0 aliphatic heterocycles. The van der Waals surface area contributed by atoms with Gasteiger partial charge in [0.05, 0.1) is 14.1 Å². The fourth-order valence-electron chi connectivity index (χ4n) is 3.47. The highest BCUT2D eigenvalue weighted by Crippen LogP contribution is 2.34. The van der Waals surface area contributed by atoms with Crippen LogP contribution in [0.25, 0.3) is 11.1 Å². The first-order valence-corrected chi connectivity index (χ1v) is 12.0. The lowest BCUT2D eigenvalue weighted by Crippen LogP contribution is -2.41. The Balaban J connectivity index is 1.93. The molecule has 3 rings (SSSR count). The van der Waals surface area contributed by atoms with Gasteiger partial charge in [0, 0.05) is 0 Å². The summed E-state index contributed by atoms with van der Waals surface area (Å²) in [5, 5.41) is 0. The summed E-state index contributed by atoms with van der Waals surface area (Å²) in [5.41, 5.74) is 6.39. The molecule has 0 saturated carbocycles. The lowest BCUT2D eigenvalue weighted by molar-refractivity contribution is -0.874. The molecule has 3 aromatic carbocycles. The molecule has 0 fully saturated rings. The zero-order valence-electron chi connectivity index (χ0n) is 18.1. The Hall–Kier alpha value is -2.11. The molecule has 0 bridgehead atoms. The Labute approximate surface area is 194 Å². The second kappa shape index (κ2) is 10.8. The Bertz CT molecular complexity index is 947. The van der Waals surface area contributed by atoms with Crippen molar-refractivity contribution in [2.24, 2.45) is 0 Å². The van der Waals surface area contributed by atoms with Gasteiger partial charge in [-0.15, -0.1) is 0 Å². The number of halogens is 1. The molecule has 0 aliphatic carbocycles. The van der Waals surface area contributed by atoms with Crippen LogP contribution >= 0.6 is 22.6 Å². The maximum atomic E-state index is 6.02. The molecule has 0 N–H and O–H groups in total. The average Bonchev–Trinajstić information content (AvgIpc) is 2.79. The van der Waals surface area contributed by atoms with Gasteiger partial charge in [0.2, 0.25) is 0 Å². The third-order valence-electron chi connectivity index (χ3n) is 5.27. The number of benzene rings is 3. The molecule has 0 radical (unpaired) electrons. The maximum absolute atomic E-state index is 6.02. The third kappa shape index (κ3) is 5.96. The van der Waals surface area contributed by atoms with Crippen LogP contribution < -0.4 is 4.74 Å². The summed E-state index contributed by atoms with van der Waals surface area (Å²) in [6, 6.07) is 30.0. The zero-order chi connectivity index (χ0) is 21.4. The fourth-order valence-corrected chi connectivity index (χ4v) is 3.81. The second-order valence-corrected chi connectivity index (χ2v) is 8.77.